The van der Waals surface area contributed by atoms with Crippen LogP contribution < -0.4 is 4.74 Å². The number of para-hydroxylation sites is 1. The van der Waals surface area contributed by atoms with Crippen LogP contribution in [-0.2, 0) is 28.6 Å². The number of nitrogens with zero attached hydrogens (tertiary/aromatic N) is 1. The molecule has 4 rings (SSSR count). The lowest BCUT2D eigenvalue weighted by Gasteiger charge is -2.18. The van der Waals surface area contributed by atoms with Crippen molar-refractivity contribution < 1.29 is 48.0 Å². The summed E-state index contributed by atoms with van der Waals surface area (Å²) in [7, 11) is 0. The number of ether oxygens (including phenoxy) is 5. The van der Waals surface area contributed by atoms with Gasteiger partial charge in [0.15, 0.2) is 12.2 Å². The molecule has 0 saturated carbocycles. The average Bonchev–Trinajstić information content (AvgIpc) is 3.43. The Morgan fingerprint density at radius 1 is 0.917 bits per heavy atom. The Labute approximate surface area is 206 Å². The predicted octanol–water partition coefficient (Wildman–Crippen LogP) is 2.38. The maximum absolute atomic E-state index is 12.6. The molecule has 2 aliphatic rings. The number of carbonyl (C=O) groups is 3. The highest BCUT2D eigenvalue weighted by Crippen LogP contribution is 2.32. The average molecular weight is 503 g/mol. The van der Waals surface area contributed by atoms with E-state index in [2.05, 4.69) is 4.84 Å². The Morgan fingerprint density at radius 2 is 1.47 bits per heavy atom. The number of fused-ring (bicyclic) bond motifs is 1. The molecule has 192 valence electrons. The topological polar surface area (TPSA) is 150 Å². The molecule has 0 bridgehead atoms. The van der Waals surface area contributed by atoms with Crippen LogP contribution in [0.5, 0.6) is 5.75 Å². The van der Waals surface area contributed by atoms with Gasteiger partial charge in [0.05, 0.1) is 25.4 Å². The first-order valence-electron chi connectivity index (χ1n) is 11.0. The van der Waals surface area contributed by atoms with Crippen LogP contribution in [0.4, 0.5) is 0 Å². The van der Waals surface area contributed by atoms with E-state index in [4.69, 9.17) is 23.7 Å². The molecule has 0 N–H and O–H groups in total. The second-order valence-corrected chi connectivity index (χ2v) is 7.58. The third-order valence-corrected chi connectivity index (χ3v) is 5.08. The van der Waals surface area contributed by atoms with Crippen LogP contribution in [0, 0.1) is 10.1 Å². The van der Waals surface area contributed by atoms with Gasteiger partial charge < -0.3 is 28.5 Å². The van der Waals surface area contributed by atoms with E-state index in [1.807, 2.05) is 6.07 Å². The quantitative estimate of drug-likeness (QED) is 0.237. The number of benzene rings is 2. The van der Waals surface area contributed by atoms with Crippen molar-refractivity contribution in [2.75, 3.05) is 19.8 Å². The van der Waals surface area contributed by atoms with E-state index < -0.39 is 47.4 Å². The number of carbonyl (C=O) groups excluding carboxylic acids is 3. The molecular formula is C24H25NO11. The van der Waals surface area contributed by atoms with Gasteiger partial charge in [0.25, 0.3) is 5.09 Å². The number of rotatable bonds is 7. The highest BCUT2D eigenvalue weighted by atomic mass is 16.9. The zero-order valence-electron chi connectivity index (χ0n) is 19.6. The molecule has 2 aliphatic heterocycles. The summed E-state index contributed by atoms with van der Waals surface area (Å²) in [5, 5.41) is 8.36. The summed E-state index contributed by atoms with van der Waals surface area (Å²) < 4.78 is 27.5. The van der Waals surface area contributed by atoms with Crippen molar-refractivity contribution in [3.05, 3.63) is 75.8 Å². The predicted molar refractivity (Wildman–Crippen MR) is 121 cm³/mol. The van der Waals surface area contributed by atoms with Crippen LogP contribution in [0.2, 0.25) is 0 Å². The Morgan fingerprint density at radius 3 is 2.00 bits per heavy atom. The van der Waals surface area contributed by atoms with Gasteiger partial charge in [-0.2, -0.15) is 0 Å². The van der Waals surface area contributed by atoms with Crippen molar-refractivity contribution in [3.8, 4) is 5.75 Å². The van der Waals surface area contributed by atoms with Crippen molar-refractivity contribution >= 4 is 17.9 Å². The summed E-state index contributed by atoms with van der Waals surface area (Å²) in [4.78, 5) is 49.1. The van der Waals surface area contributed by atoms with Gasteiger partial charge in [-0.1, -0.05) is 30.3 Å². The minimum atomic E-state index is -0.819. The van der Waals surface area contributed by atoms with Crippen LogP contribution in [0.25, 0.3) is 0 Å². The highest BCUT2D eigenvalue weighted by Gasteiger charge is 2.51. The molecule has 0 aromatic heterocycles. The summed E-state index contributed by atoms with van der Waals surface area (Å²) >= 11 is 0. The number of hydrogen-bond donors (Lipinski definition) is 0. The zero-order chi connectivity index (χ0) is 26.1. The summed E-state index contributed by atoms with van der Waals surface area (Å²) in [6.45, 7) is 3.19. The first-order chi connectivity index (χ1) is 17.3. The molecule has 0 aliphatic carbocycles. The Bertz CT molecular complexity index is 1070. The SMILES string of the molecule is CC(=O)Oc1ccccc1C(=O)OC1CO[C@H]2[C@@H]1OC[C@H]2OC(=O)c1ccccc1.CCO[N+](=O)[O-]. The molecule has 12 heteroatoms. The van der Waals surface area contributed by atoms with Crippen molar-refractivity contribution in [1.29, 1.82) is 0 Å². The standard InChI is InChI=1S/C22H20O8.C2H5NO3/c1-13(23)28-16-10-6-5-9-15(16)22(25)30-18-12-27-19-17(11-26-20(18)19)29-21(24)14-7-3-2-4-8-14;1-2-6-3(4)5/h2-10,17-20H,11-12H2,1H3;2H2,1H3/t17-,18?,19-,20-;/m1./s1. The second-order valence-electron chi connectivity index (χ2n) is 7.58. The minimum Gasteiger partial charge on any atom is -0.453 e. The zero-order valence-corrected chi connectivity index (χ0v) is 19.6. The monoisotopic (exact) mass is 503 g/mol. The highest BCUT2D eigenvalue weighted by molar-refractivity contribution is 5.93. The third kappa shape index (κ3) is 6.99. The van der Waals surface area contributed by atoms with E-state index in [-0.39, 0.29) is 31.1 Å². The molecule has 4 atom stereocenters. The van der Waals surface area contributed by atoms with Crippen molar-refractivity contribution in [2.24, 2.45) is 0 Å². The van der Waals surface area contributed by atoms with Gasteiger partial charge in [-0.25, -0.2) is 9.59 Å². The molecule has 0 radical (unpaired) electrons. The Kier molecular flexibility index (Phi) is 9.31. The van der Waals surface area contributed by atoms with Crippen molar-refractivity contribution in [2.45, 2.75) is 38.3 Å². The van der Waals surface area contributed by atoms with E-state index in [9.17, 15) is 24.5 Å². The van der Waals surface area contributed by atoms with Gasteiger partial charge in [-0.15, -0.1) is 10.1 Å². The molecule has 2 aromatic rings. The van der Waals surface area contributed by atoms with Gasteiger partial charge >= 0.3 is 17.9 Å². The lowest BCUT2D eigenvalue weighted by atomic mass is 10.1. The van der Waals surface area contributed by atoms with E-state index >= 15 is 0 Å². The molecule has 2 fully saturated rings. The van der Waals surface area contributed by atoms with E-state index in [1.54, 1.807) is 43.3 Å². The number of hydrogen-bond acceptors (Lipinski definition) is 11. The third-order valence-electron chi connectivity index (χ3n) is 5.08. The normalized spacial score (nSPS) is 21.8. The summed E-state index contributed by atoms with van der Waals surface area (Å²) in [6.07, 6.45) is -2.35. The molecule has 1 unspecified atom stereocenters. The summed E-state index contributed by atoms with van der Waals surface area (Å²) in [6, 6.07) is 14.9. The van der Waals surface area contributed by atoms with Gasteiger partial charge in [-0.3, -0.25) is 4.79 Å². The van der Waals surface area contributed by atoms with Crippen molar-refractivity contribution in [3.63, 3.8) is 0 Å². The molecule has 2 aromatic carbocycles. The van der Waals surface area contributed by atoms with Crippen LogP contribution in [0.3, 0.4) is 0 Å². The van der Waals surface area contributed by atoms with Gasteiger partial charge in [-0.05, 0) is 31.2 Å². The summed E-state index contributed by atoms with van der Waals surface area (Å²) in [5.41, 5.74) is 0.560. The maximum atomic E-state index is 12.6. The van der Waals surface area contributed by atoms with Gasteiger partial charge in [0.2, 0.25) is 0 Å². The van der Waals surface area contributed by atoms with Crippen LogP contribution in [0.15, 0.2) is 54.6 Å². The Hall–Kier alpha value is -4.03. The van der Waals surface area contributed by atoms with Gasteiger partial charge in [0.1, 0.15) is 23.5 Å². The molecule has 0 amide bonds. The number of esters is 3. The smallest absolute Gasteiger partial charge is 0.342 e. The van der Waals surface area contributed by atoms with Crippen molar-refractivity contribution in [1.82, 2.24) is 0 Å². The first kappa shape index (κ1) is 26.6. The molecule has 2 heterocycles. The van der Waals surface area contributed by atoms with Gasteiger partial charge in [0, 0.05) is 6.92 Å². The van der Waals surface area contributed by atoms with Crippen LogP contribution >= 0.6 is 0 Å². The second kappa shape index (κ2) is 12.6. The fraction of sp³-hybridized carbons (Fsp3) is 0.375. The summed E-state index contributed by atoms with van der Waals surface area (Å²) in [5.74, 6) is -1.55. The fourth-order valence-corrected chi connectivity index (χ4v) is 3.60. The van der Waals surface area contributed by atoms with Crippen LogP contribution in [0.1, 0.15) is 34.6 Å². The lowest BCUT2D eigenvalue weighted by molar-refractivity contribution is -0.756. The van der Waals surface area contributed by atoms with Crippen LogP contribution in [-0.4, -0.2) is 67.2 Å². The first-order valence-corrected chi connectivity index (χ1v) is 11.0. The van der Waals surface area contributed by atoms with E-state index in [1.165, 1.54) is 19.1 Å². The molecule has 36 heavy (non-hydrogen) atoms. The molecule has 0 spiro atoms. The maximum Gasteiger partial charge on any atom is 0.342 e. The largest absolute Gasteiger partial charge is 0.453 e. The fourth-order valence-electron chi connectivity index (χ4n) is 3.60. The lowest BCUT2D eigenvalue weighted by Crippen LogP contribution is -2.36. The Balaban J connectivity index is 0.000000538. The molecule has 12 nitrogen and oxygen atoms in total. The van der Waals surface area contributed by atoms with E-state index in [0.29, 0.717) is 5.56 Å². The molecule has 2 saturated heterocycles. The molecular weight excluding hydrogens is 478 g/mol. The minimum absolute atomic E-state index is 0.107. The van der Waals surface area contributed by atoms with E-state index in [0.717, 1.165) is 0 Å².